The first-order chi connectivity index (χ1) is 20.4. The Balaban J connectivity index is 1.38. The van der Waals surface area contributed by atoms with Crippen molar-refractivity contribution in [2.75, 3.05) is 18.1 Å². The van der Waals surface area contributed by atoms with Gasteiger partial charge in [-0.25, -0.2) is 0 Å². The van der Waals surface area contributed by atoms with Gasteiger partial charge < -0.3 is 19.6 Å². The fourth-order valence-electron chi connectivity index (χ4n) is 4.98. The first kappa shape index (κ1) is 27.1. The second-order valence-corrected chi connectivity index (χ2v) is 10.1. The van der Waals surface area contributed by atoms with Gasteiger partial charge in [-0.05, 0) is 66.9 Å². The van der Waals surface area contributed by atoms with Gasteiger partial charge >= 0.3 is 0 Å². The maximum atomic E-state index is 14.1. The number of hydrogen-bond acceptors (Lipinski definition) is 9. The molecule has 2 N–H and O–H groups in total. The number of phenolic OH excluding ortho intramolecular Hbond substituents is 1. The van der Waals surface area contributed by atoms with E-state index >= 15 is 0 Å². The Hall–Kier alpha value is -5.10. The quantitative estimate of drug-likeness (QED) is 0.273. The minimum Gasteiger partial charge on any atom is -0.508 e. The Morgan fingerprint density at radius 2 is 1.98 bits per heavy atom. The Kier molecular flexibility index (Phi) is 7.60. The van der Waals surface area contributed by atoms with E-state index in [2.05, 4.69) is 25.7 Å². The number of phenols is 1. The minimum atomic E-state index is -1.10. The standard InChI is InChI=1S/C30H29N7O5/c1-19-8-13-26(42-19)29-33-35-36(34-29)18-27(39)37(22-15-21-5-2-3-7-25(21)31-16-22)28(20-9-11-23(38)12-10-20)30(40)32-17-24-6-4-14-41-24/h2-3,5,7-13,15-16,24,28,38H,4,6,14,17-18H2,1H3,(H,32,40)/t24-,28+/m1/s1. The van der Waals surface area contributed by atoms with Crippen molar-refractivity contribution in [3.05, 3.63) is 84.3 Å². The lowest BCUT2D eigenvalue weighted by Gasteiger charge is -2.31. The third kappa shape index (κ3) is 5.84. The van der Waals surface area contributed by atoms with Crippen LogP contribution in [0.15, 0.2) is 77.3 Å². The number of carbonyl (C=O) groups is 2. The topological polar surface area (TPSA) is 148 Å². The van der Waals surface area contributed by atoms with Crippen molar-refractivity contribution in [3.8, 4) is 17.3 Å². The lowest BCUT2D eigenvalue weighted by Crippen LogP contribution is -2.46. The zero-order chi connectivity index (χ0) is 29.1. The van der Waals surface area contributed by atoms with Gasteiger partial charge in [-0.3, -0.25) is 19.5 Å². The molecule has 2 atom stereocenters. The van der Waals surface area contributed by atoms with Gasteiger partial charge in [0.05, 0.1) is 23.5 Å². The van der Waals surface area contributed by atoms with E-state index in [0.29, 0.717) is 35.9 Å². The second kappa shape index (κ2) is 11.8. The summed E-state index contributed by atoms with van der Waals surface area (Å²) in [5.74, 6) is 0.512. The van der Waals surface area contributed by atoms with E-state index in [-0.39, 0.29) is 24.2 Å². The number of nitrogens with one attached hydrogen (secondary N) is 1. The number of amides is 2. The average Bonchev–Trinajstić information content (AvgIpc) is 3.78. The van der Waals surface area contributed by atoms with Crippen LogP contribution >= 0.6 is 0 Å². The highest BCUT2D eigenvalue weighted by Crippen LogP contribution is 2.31. The van der Waals surface area contributed by atoms with E-state index in [0.717, 1.165) is 28.5 Å². The molecule has 2 amide bonds. The fourth-order valence-corrected chi connectivity index (χ4v) is 4.98. The molecule has 1 saturated heterocycles. The zero-order valence-electron chi connectivity index (χ0n) is 22.9. The van der Waals surface area contributed by atoms with Crippen LogP contribution in [0.3, 0.4) is 0 Å². The Morgan fingerprint density at radius 1 is 1.14 bits per heavy atom. The summed E-state index contributed by atoms with van der Waals surface area (Å²) in [5.41, 5.74) is 1.65. The van der Waals surface area contributed by atoms with Crippen LogP contribution in [0.4, 0.5) is 5.69 Å². The molecule has 4 heterocycles. The van der Waals surface area contributed by atoms with E-state index in [4.69, 9.17) is 9.15 Å². The Morgan fingerprint density at radius 3 is 2.74 bits per heavy atom. The number of rotatable bonds is 9. The molecule has 42 heavy (non-hydrogen) atoms. The zero-order valence-corrected chi connectivity index (χ0v) is 22.9. The Bertz CT molecular complexity index is 1710. The maximum absolute atomic E-state index is 14.1. The van der Waals surface area contributed by atoms with Crippen LogP contribution in [-0.2, 0) is 20.9 Å². The molecule has 0 aliphatic carbocycles. The van der Waals surface area contributed by atoms with Crippen LogP contribution in [0.1, 0.15) is 30.2 Å². The summed E-state index contributed by atoms with van der Waals surface area (Å²) in [5, 5.41) is 26.1. The molecular weight excluding hydrogens is 538 g/mol. The largest absolute Gasteiger partial charge is 0.508 e. The number of nitrogens with zero attached hydrogens (tertiary/aromatic N) is 6. The molecule has 1 fully saturated rings. The number of hydrogen-bond donors (Lipinski definition) is 2. The number of aromatic hydroxyl groups is 1. The van der Waals surface area contributed by atoms with Crippen LogP contribution < -0.4 is 10.2 Å². The molecule has 0 bridgehead atoms. The lowest BCUT2D eigenvalue weighted by molar-refractivity contribution is -0.127. The molecule has 6 rings (SSSR count). The fraction of sp³-hybridized carbons (Fsp3) is 0.267. The van der Waals surface area contributed by atoms with Gasteiger partial charge in [0.25, 0.3) is 5.91 Å². The van der Waals surface area contributed by atoms with Crippen LogP contribution in [-0.4, -0.2) is 61.4 Å². The highest BCUT2D eigenvalue weighted by atomic mass is 16.5. The van der Waals surface area contributed by atoms with Crippen LogP contribution in [0.5, 0.6) is 5.75 Å². The van der Waals surface area contributed by atoms with Crippen molar-refractivity contribution in [2.45, 2.75) is 38.5 Å². The summed E-state index contributed by atoms with van der Waals surface area (Å²) >= 11 is 0. The van der Waals surface area contributed by atoms with Crippen molar-refractivity contribution >= 4 is 28.4 Å². The van der Waals surface area contributed by atoms with Crippen molar-refractivity contribution in [3.63, 3.8) is 0 Å². The third-order valence-electron chi connectivity index (χ3n) is 7.06. The number of furan rings is 1. The SMILES string of the molecule is Cc1ccc(-c2nnn(CC(=O)N(c3cnc4ccccc4c3)[C@H](C(=O)NC[C@H]3CCCO3)c3ccc(O)cc3)n2)o1. The van der Waals surface area contributed by atoms with E-state index in [9.17, 15) is 14.7 Å². The van der Waals surface area contributed by atoms with Crippen molar-refractivity contribution in [2.24, 2.45) is 0 Å². The second-order valence-electron chi connectivity index (χ2n) is 10.1. The van der Waals surface area contributed by atoms with Crippen LogP contribution in [0.25, 0.3) is 22.5 Å². The highest BCUT2D eigenvalue weighted by Gasteiger charge is 2.34. The third-order valence-corrected chi connectivity index (χ3v) is 7.06. The summed E-state index contributed by atoms with van der Waals surface area (Å²) in [6.07, 6.45) is 3.24. The predicted octanol–water partition coefficient (Wildman–Crippen LogP) is 3.57. The minimum absolute atomic E-state index is 0.0371. The van der Waals surface area contributed by atoms with Crippen molar-refractivity contribution < 1.29 is 23.8 Å². The predicted molar refractivity (Wildman–Crippen MR) is 152 cm³/mol. The lowest BCUT2D eigenvalue weighted by atomic mass is 10.0. The van der Waals surface area contributed by atoms with E-state index in [1.54, 1.807) is 37.4 Å². The number of para-hydroxylation sites is 1. The van der Waals surface area contributed by atoms with E-state index in [1.807, 2.05) is 30.3 Å². The van der Waals surface area contributed by atoms with Gasteiger partial charge in [-0.1, -0.05) is 30.3 Å². The molecular formula is C30H29N7O5. The van der Waals surface area contributed by atoms with Gasteiger partial charge in [-0.15, -0.1) is 10.2 Å². The smallest absolute Gasteiger partial charge is 0.251 e. The molecule has 12 nitrogen and oxygen atoms in total. The first-order valence-corrected chi connectivity index (χ1v) is 13.6. The average molecular weight is 568 g/mol. The molecule has 5 aromatic rings. The molecule has 214 valence electrons. The summed E-state index contributed by atoms with van der Waals surface area (Å²) in [7, 11) is 0. The number of ether oxygens (including phenoxy) is 1. The monoisotopic (exact) mass is 567 g/mol. The molecule has 0 radical (unpaired) electrons. The van der Waals surface area contributed by atoms with Crippen LogP contribution in [0, 0.1) is 6.92 Å². The van der Waals surface area contributed by atoms with Gasteiger partial charge in [-0.2, -0.15) is 4.80 Å². The number of benzene rings is 2. The molecule has 12 heteroatoms. The van der Waals surface area contributed by atoms with Gasteiger partial charge in [0.15, 0.2) is 5.76 Å². The van der Waals surface area contributed by atoms with Gasteiger partial charge in [0.2, 0.25) is 11.7 Å². The van der Waals surface area contributed by atoms with Crippen molar-refractivity contribution in [1.29, 1.82) is 0 Å². The van der Waals surface area contributed by atoms with Crippen LogP contribution in [0.2, 0.25) is 0 Å². The normalized spacial score (nSPS) is 15.5. The maximum Gasteiger partial charge on any atom is 0.251 e. The molecule has 0 saturated carbocycles. The van der Waals surface area contributed by atoms with Crippen molar-refractivity contribution in [1.82, 2.24) is 30.5 Å². The number of tetrazole rings is 1. The molecule has 1 aliphatic heterocycles. The molecule has 0 spiro atoms. The number of anilines is 1. The molecule has 0 unspecified atom stereocenters. The summed E-state index contributed by atoms with van der Waals surface area (Å²) in [6.45, 7) is 2.45. The first-order valence-electron chi connectivity index (χ1n) is 13.6. The number of fused-ring (bicyclic) bond motifs is 1. The van der Waals surface area contributed by atoms with Gasteiger partial charge in [0.1, 0.15) is 24.1 Å². The number of aromatic nitrogens is 5. The molecule has 3 aromatic heterocycles. The Labute approximate surface area is 240 Å². The number of carbonyl (C=O) groups excluding carboxylic acids is 2. The highest BCUT2D eigenvalue weighted by molar-refractivity contribution is 6.02. The summed E-state index contributed by atoms with van der Waals surface area (Å²) in [4.78, 5) is 35.1. The molecule has 1 aliphatic rings. The summed E-state index contributed by atoms with van der Waals surface area (Å²) < 4.78 is 11.3. The number of pyridine rings is 1. The summed E-state index contributed by atoms with van der Waals surface area (Å²) in [6, 6.07) is 17.9. The molecule has 2 aromatic carbocycles. The van der Waals surface area contributed by atoms with Gasteiger partial charge in [0, 0.05) is 18.5 Å². The van der Waals surface area contributed by atoms with E-state index in [1.165, 1.54) is 17.0 Å². The van der Waals surface area contributed by atoms with E-state index < -0.39 is 17.9 Å². The number of aryl methyl sites for hydroxylation is 1.